The Kier molecular flexibility index (Phi) is 34.4. The van der Waals surface area contributed by atoms with Gasteiger partial charge in [-0.2, -0.15) is 0 Å². The Labute approximate surface area is 391 Å². The zero-order valence-electron chi connectivity index (χ0n) is 38.7. The molecule has 8 N–H and O–H groups in total. The minimum atomic E-state index is -5.38. The predicted molar refractivity (Wildman–Crippen MR) is 251 cm³/mol. The van der Waals surface area contributed by atoms with Gasteiger partial charge in [0, 0.05) is 12.8 Å². The van der Waals surface area contributed by atoms with E-state index in [4.69, 9.17) is 28.3 Å². The fourth-order valence-corrected chi connectivity index (χ4v) is 7.95. The van der Waals surface area contributed by atoms with Crippen LogP contribution in [-0.4, -0.2) is 114 Å². The van der Waals surface area contributed by atoms with Gasteiger partial charge in [-0.25, -0.2) is 9.13 Å². The molecule has 0 radical (unpaired) electrons. The first-order chi connectivity index (χ1) is 31.5. The van der Waals surface area contributed by atoms with E-state index in [9.17, 15) is 49.1 Å². The Morgan fingerprint density at radius 3 is 1.76 bits per heavy atom. The van der Waals surface area contributed by atoms with Crippen LogP contribution >= 0.6 is 15.6 Å². The van der Waals surface area contributed by atoms with Gasteiger partial charge in [-0.1, -0.05) is 131 Å². The van der Waals surface area contributed by atoms with Crippen LogP contribution in [0.2, 0.25) is 0 Å². The second-order valence-corrected chi connectivity index (χ2v) is 18.5. The lowest BCUT2D eigenvalue weighted by atomic mass is 9.85. The first-order valence-electron chi connectivity index (χ1n) is 23.2. The second kappa shape index (κ2) is 37.1. The minimum Gasteiger partial charge on any atom is -0.462 e. The molecule has 1 saturated carbocycles. The summed E-state index contributed by atoms with van der Waals surface area (Å²) in [5.41, 5.74) is 0. The van der Waals surface area contributed by atoms with Crippen LogP contribution in [0.25, 0.3) is 0 Å². The number of allylic oxidation sites excluding steroid dienone is 12. The number of unbranched alkanes of at least 4 members (excludes halogenated alkanes) is 9. The maximum atomic E-state index is 13.0. The van der Waals surface area contributed by atoms with Gasteiger partial charge in [0.15, 0.2) is 6.10 Å². The van der Waals surface area contributed by atoms with Crippen molar-refractivity contribution in [3.63, 3.8) is 0 Å². The molecule has 0 saturated heterocycles. The molecule has 17 nitrogen and oxygen atoms in total. The van der Waals surface area contributed by atoms with Gasteiger partial charge in [0.05, 0.1) is 12.7 Å². The van der Waals surface area contributed by atoms with Crippen LogP contribution in [0.1, 0.15) is 136 Å². The summed E-state index contributed by atoms with van der Waals surface area (Å²) < 4.78 is 49.2. The Hall–Kier alpha value is -2.86. The number of aliphatic hydroxyl groups excluding tert-OH is 5. The Morgan fingerprint density at radius 1 is 0.576 bits per heavy atom. The van der Waals surface area contributed by atoms with E-state index in [2.05, 4.69) is 54.8 Å². The van der Waals surface area contributed by atoms with Crippen molar-refractivity contribution in [3.8, 4) is 0 Å². The van der Waals surface area contributed by atoms with Gasteiger partial charge in [-0.15, -0.1) is 0 Å². The van der Waals surface area contributed by atoms with Crippen LogP contribution in [-0.2, 0) is 41.8 Å². The highest BCUT2D eigenvalue weighted by molar-refractivity contribution is 7.47. The number of phosphoric acid groups is 2. The van der Waals surface area contributed by atoms with Gasteiger partial charge < -0.3 is 49.7 Å². The third kappa shape index (κ3) is 31.2. The summed E-state index contributed by atoms with van der Waals surface area (Å²) in [6.07, 6.45) is 27.2. The molecular formula is C47H78O17P2. The lowest BCUT2D eigenvalue weighted by Gasteiger charge is -2.43. The fraction of sp³-hybridized carbons (Fsp3) is 0.660. The van der Waals surface area contributed by atoms with Crippen molar-refractivity contribution in [1.82, 2.24) is 0 Å². The molecule has 1 aliphatic carbocycles. The summed E-state index contributed by atoms with van der Waals surface area (Å²) in [5, 5.41) is 51.2. The van der Waals surface area contributed by atoms with E-state index in [-0.39, 0.29) is 12.8 Å². The number of esters is 2. The van der Waals surface area contributed by atoms with Crippen molar-refractivity contribution in [2.45, 2.75) is 185 Å². The number of hydrogen-bond donors (Lipinski definition) is 8. The summed E-state index contributed by atoms with van der Waals surface area (Å²) in [6, 6.07) is 0. The van der Waals surface area contributed by atoms with E-state index >= 15 is 0 Å². The van der Waals surface area contributed by atoms with Gasteiger partial charge in [0.25, 0.3) is 0 Å². The largest absolute Gasteiger partial charge is 0.472 e. The molecule has 66 heavy (non-hydrogen) atoms. The summed E-state index contributed by atoms with van der Waals surface area (Å²) in [4.78, 5) is 54.2. The Bertz CT molecular complexity index is 1620. The second-order valence-electron chi connectivity index (χ2n) is 15.9. The molecule has 6 unspecified atom stereocenters. The molecule has 19 heteroatoms. The molecule has 0 aromatic carbocycles. The molecular weight excluding hydrogens is 898 g/mol. The molecule has 0 amide bonds. The molecule has 0 spiro atoms. The van der Waals surface area contributed by atoms with Crippen molar-refractivity contribution in [3.05, 3.63) is 85.1 Å². The first-order valence-corrected chi connectivity index (χ1v) is 26.3. The van der Waals surface area contributed by atoms with Gasteiger partial charge in [-0.05, 0) is 77.0 Å². The number of phosphoric ester groups is 2. The van der Waals surface area contributed by atoms with E-state index in [1.165, 1.54) is 19.3 Å². The van der Waals surface area contributed by atoms with Crippen LogP contribution in [0.4, 0.5) is 0 Å². The summed E-state index contributed by atoms with van der Waals surface area (Å²) >= 11 is 0. The Balaban J connectivity index is 2.68. The molecule has 378 valence electrons. The zero-order chi connectivity index (χ0) is 49.1. The standard InChI is InChI=1S/C47H78O17P2/c1-3-5-7-9-11-12-13-14-15-16-17-18-23-27-31-35-41(50)62-39(37-61-66(58,59)64-47-44(53)42(51)43(52)46(45(47)54)63-65(55,56)57)36-60-40(49)34-30-26-22-20-19-21-25-29-33-38(48)32-28-24-10-8-6-4-2/h6,8,11-12,14-15,20-22,24-25,28-29,33,38-39,42-48,51-54H,3-5,7,9-10,13,16-19,23,26-27,30-32,34-37H2,1-2H3,(H,58,59)(H2,55,56,57)/b8-6-,12-11-,15-14-,22-20-,25-21-,28-24-,33-29+/t38?,39-,42?,43?,44?,45?,46-,47+/m1/s1. The Morgan fingerprint density at radius 2 is 1.12 bits per heavy atom. The molecule has 0 aromatic heterocycles. The average molecular weight is 977 g/mol. The van der Waals surface area contributed by atoms with Crippen LogP contribution in [0.3, 0.4) is 0 Å². The molecule has 9 atom stereocenters. The maximum absolute atomic E-state index is 13.0. The lowest BCUT2D eigenvalue weighted by molar-refractivity contribution is -0.216. The summed E-state index contributed by atoms with van der Waals surface area (Å²) in [6.45, 7) is 2.82. The lowest BCUT2D eigenvalue weighted by Crippen LogP contribution is -2.64. The number of hydrogen-bond acceptors (Lipinski definition) is 14. The van der Waals surface area contributed by atoms with E-state index in [1.54, 1.807) is 12.2 Å². The molecule has 0 aromatic rings. The number of carbonyl (C=O) groups is 2. The number of aliphatic hydroxyl groups is 5. The topological polar surface area (TPSA) is 276 Å². The van der Waals surface area contributed by atoms with Crippen molar-refractivity contribution < 1.29 is 82.0 Å². The van der Waals surface area contributed by atoms with Crippen molar-refractivity contribution in [2.24, 2.45) is 0 Å². The third-order valence-electron chi connectivity index (χ3n) is 10.0. The zero-order valence-corrected chi connectivity index (χ0v) is 40.5. The average Bonchev–Trinajstić information content (AvgIpc) is 3.27. The van der Waals surface area contributed by atoms with E-state index in [0.29, 0.717) is 32.1 Å². The monoisotopic (exact) mass is 976 g/mol. The summed E-state index contributed by atoms with van der Waals surface area (Å²) in [5.74, 6) is -1.34. The number of carbonyl (C=O) groups excluding carboxylic acids is 2. The third-order valence-corrected chi connectivity index (χ3v) is 11.5. The van der Waals surface area contributed by atoms with Gasteiger partial charge >= 0.3 is 27.6 Å². The van der Waals surface area contributed by atoms with Gasteiger partial charge in [-0.3, -0.25) is 23.2 Å². The van der Waals surface area contributed by atoms with Gasteiger partial charge in [0.1, 0.15) is 43.2 Å². The SMILES string of the molecule is CC/C=C\C/C=C\CC(O)/C=C/C=C\C/C=C\CCCC(=O)OC[C@H](COP(=O)(O)O[C@H]1C(O)C(O)C(O)[C@@H](OP(=O)(O)O)C1O)OC(=O)CCCCCCC/C=C\C/C=C\CCCCC. The fourth-order valence-electron chi connectivity index (χ4n) is 6.41. The quantitative estimate of drug-likeness (QED) is 0.00979. The highest BCUT2D eigenvalue weighted by Crippen LogP contribution is 2.49. The first kappa shape index (κ1) is 61.2. The molecule has 1 rings (SSSR count). The van der Waals surface area contributed by atoms with E-state index < -0.39 is 89.6 Å². The van der Waals surface area contributed by atoms with Crippen molar-refractivity contribution >= 4 is 27.6 Å². The minimum absolute atomic E-state index is 0.00134. The maximum Gasteiger partial charge on any atom is 0.472 e. The predicted octanol–water partition coefficient (Wildman–Crippen LogP) is 7.58. The van der Waals surface area contributed by atoms with Crippen molar-refractivity contribution in [2.75, 3.05) is 13.2 Å². The van der Waals surface area contributed by atoms with E-state index in [1.807, 2.05) is 36.5 Å². The number of rotatable bonds is 37. The van der Waals surface area contributed by atoms with Crippen LogP contribution in [0, 0.1) is 0 Å². The molecule has 0 heterocycles. The molecule has 0 aliphatic heterocycles. The molecule has 0 bridgehead atoms. The smallest absolute Gasteiger partial charge is 0.462 e. The molecule has 1 fully saturated rings. The van der Waals surface area contributed by atoms with Crippen LogP contribution in [0.15, 0.2) is 85.1 Å². The van der Waals surface area contributed by atoms with Crippen molar-refractivity contribution in [1.29, 1.82) is 0 Å². The van der Waals surface area contributed by atoms with Crippen LogP contribution in [0.5, 0.6) is 0 Å². The number of ether oxygens (including phenoxy) is 2. The van der Waals surface area contributed by atoms with Gasteiger partial charge in [0.2, 0.25) is 0 Å². The summed E-state index contributed by atoms with van der Waals surface area (Å²) in [7, 11) is -10.7. The molecule has 1 aliphatic rings. The van der Waals surface area contributed by atoms with Crippen LogP contribution < -0.4 is 0 Å². The normalized spacial score (nSPS) is 22.8. The van der Waals surface area contributed by atoms with E-state index in [0.717, 1.165) is 57.8 Å². The highest BCUT2D eigenvalue weighted by Gasteiger charge is 2.54. The highest BCUT2D eigenvalue weighted by atomic mass is 31.2.